The van der Waals surface area contributed by atoms with Gasteiger partial charge in [0, 0.05) is 31.2 Å². The summed E-state index contributed by atoms with van der Waals surface area (Å²) in [5.74, 6) is 0.510. The average Bonchev–Trinajstić information content (AvgIpc) is 3.14. The number of nitrogens with zero attached hydrogens (tertiary/aromatic N) is 2. The van der Waals surface area contributed by atoms with Crippen molar-refractivity contribution in [3.8, 4) is 5.75 Å². The molecular weight excluding hydrogens is 363 g/mol. The van der Waals surface area contributed by atoms with Crippen molar-refractivity contribution in [2.45, 2.75) is 26.2 Å². The molecule has 1 aromatic carbocycles. The first-order valence-electron chi connectivity index (χ1n) is 8.60. The second-order valence-corrected chi connectivity index (χ2v) is 7.59. The van der Waals surface area contributed by atoms with E-state index in [0.717, 1.165) is 32.4 Å². The molecule has 7 heteroatoms. The molecule has 0 radical (unpaired) electrons. The van der Waals surface area contributed by atoms with E-state index in [0.29, 0.717) is 28.9 Å². The van der Waals surface area contributed by atoms with Crippen LogP contribution >= 0.6 is 23.2 Å². The average molecular weight is 385 g/mol. The summed E-state index contributed by atoms with van der Waals surface area (Å²) in [6.45, 7) is 4.66. The summed E-state index contributed by atoms with van der Waals surface area (Å²) in [7, 11) is 0. The van der Waals surface area contributed by atoms with Crippen molar-refractivity contribution < 1.29 is 14.3 Å². The molecule has 2 heterocycles. The van der Waals surface area contributed by atoms with Crippen molar-refractivity contribution >= 4 is 35.0 Å². The van der Waals surface area contributed by atoms with Gasteiger partial charge in [0.1, 0.15) is 5.75 Å². The Morgan fingerprint density at radius 1 is 1.28 bits per heavy atom. The minimum atomic E-state index is -0.386. The molecule has 0 aromatic heterocycles. The van der Waals surface area contributed by atoms with Crippen LogP contribution in [0.3, 0.4) is 0 Å². The molecule has 3 rings (SSSR count). The van der Waals surface area contributed by atoms with Crippen LogP contribution in [-0.2, 0) is 9.59 Å². The smallest absolute Gasteiger partial charge is 0.260 e. The van der Waals surface area contributed by atoms with Crippen LogP contribution in [0, 0.1) is 5.41 Å². The Hall–Kier alpha value is -1.46. The molecule has 2 aliphatic heterocycles. The fraction of sp³-hybridized carbons (Fsp3) is 0.556. The molecule has 2 saturated heterocycles. The Balaban J connectivity index is 1.57. The molecule has 25 heavy (non-hydrogen) atoms. The zero-order valence-corrected chi connectivity index (χ0v) is 15.8. The number of carbonyl (C=O) groups is 2. The van der Waals surface area contributed by atoms with Gasteiger partial charge in [0.05, 0.1) is 10.4 Å². The standard InChI is InChI=1S/C18H22Cl2N2O3/c1-2-7-21-8-5-18(17(21)24)6-9-22(12-18)16(23)11-25-15-4-3-13(19)10-14(15)20/h3-4,10H,2,5-9,11-12H2,1H3. The van der Waals surface area contributed by atoms with E-state index in [1.165, 1.54) is 0 Å². The fourth-order valence-corrected chi connectivity index (χ4v) is 4.13. The van der Waals surface area contributed by atoms with Crippen molar-refractivity contribution in [3.63, 3.8) is 0 Å². The van der Waals surface area contributed by atoms with Gasteiger partial charge in [0.25, 0.3) is 5.91 Å². The number of hydrogen-bond acceptors (Lipinski definition) is 3. The van der Waals surface area contributed by atoms with Crippen LogP contribution in [0.15, 0.2) is 18.2 Å². The third-order valence-corrected chi connectivity index (χ3v) is 5.58. The predicted octanol–water partition coefficient (Wildman–Crippen LogP) is 3.23. The van der Waals surface area contributed by atoms with Gasteiger partial charge in [-0.25, -0.2) is 0 Å². The topological polar surface area (TPSA) is 49.9 Å². The zero-order valence-electron chi connectivity index (χ0n) is 14.3. The van der Waals surface area contributed by atoms with Gasteiger partial charge in [-0.1, -0.05) is 30.1 Å². The summed E-state index contributed by atoms with van der Waals surface area (Å²) in [5.41, 5.74) is -0.386. The number of rotatable bonds is 5. The van der Waals surface area contributed by atoms with Gasteiger partial charge in [-0.2, -0.15) is 0 Å². The normalized spacial score (nSPS) is 22.9. The molecule has 2 aliphatic rings. The van der Waals surface area contributed by atoms with Crippen molar-refractivity contribution in [1.82, 2.24) is 9.80 Å². The van der Waals surface area contributed by atoms with Gasteiger partial charge in [0.2, 0.25) is 5.91 Å². The summed E-state index contributed by atoms with van der Waals surface area (Å²) in [6.07, 6.45) is 2.53. The lowest BCUT2D eigenvalue weighted by Gasteiger charge is -2.23. The van der Waals surface area contributed by atoms with Gasteiger partial charge >= 0.3 is 0 Å². The largest absolute Gasteiger partial charge is 0.482 e. The van der Waals surface area contributed by atoms with Crippen LogP contribution in [0.5, 0.6) is 5.75 Å². The van der Waals surface area contributed by atoms with Gasteiger partial charge in [-0.05, 0) is 37.5 Å². The molecule has 2 fully saturated rings. The summed E-state index contributed by atoms with van der Waals surface area (Å²) in [6, 6.07) is 4.89. The van der Waals surface area contributed by atoms with Gasteiger partial charge in [-0.3, -0.25) is 9.59 Å². The third kappa shape index (κ3) is 3.72. The van der Waals surface area contributed by atoms with E-state index < -0.39 is 0 Å². The molecule has 5 nitrogen and oxygen atoms in total. The summed E-state index contributed by atoms with van der Waals surface area (Å²) in [4.78, 5) is 28.8. The molecule has 1 atom stereocenters. The highest BCUT2D eigenvalue weighted by Crippen LogP contribution is 2.40. The second-order valence-electron chi connectivity index (χ2n) is 6.75. The lowest BCUT2D eigenvalue weighted by Crippen LogP contribution is -2.39. The van der Waals surface area contributed by atoms with Crippen LogP contribution < -0.4 is 4.74 Å². The first-order valence-corrected chi connectivity index (χ1v) is 9.36. The zero-order chi connectivity index (χ0) is 18.0. The SMILES string of the molecule is CCCN1CCC2(CCN(C(=O)COc3ccc(Cl)cc3Cl)C2)C1=O. The van der Waals surface area contributed by atoms with E-state index in [9.17, 15) is 9.59 Å². The fourth-order valence-electron chi connectivity index (χ4n) is 3.66. The molecule has 2 amide bonds. The maximum absolute atomic E-state index is 12.7. The first kappa shape index (κ1) is 18.3. The Bertz CT molecular complexity index is 682. The van der Waals surface area contributed by atoms with Gasteiger partial charge in [-0.15, -0.1) is 0 Å². The highest BCUT2D eigenvalue weighted by Gasteiger charge is 2.51. The Labute approximate surface area is 157 Å². The van der Waals surface area contributed by atoms with Crippen molar-refractivity contribution in [3.05, 3.63) is 28.2 Å². The lowest BCUT2D eigenvalue weighted by atomic mass is 9.85. The highest BCUT2D eigenvalue weighted by molar-refractivity contribution is 6.35. The maximum Gasteiger partial charge on any atom is 0.260 e. The highest BCUT2D eigenvalue weighted by atomic mass is 35.5. The van der Waals surface area contributed by atoms with E-state index in [-0.39, 0.29) is 23.8 Å². The molecule has 0 bridgehead atoms. The summed E-state index contributed by atoms with van der Waals surface area (Å²) >= 11 is 11.9. The van der Waals surface area contributed by atoms with Crippen LogP contribution in [0.2, 0.25) is 10.0 Å². The van der Waals surface area contributed by atoms with Crippen LogP contribution in [0.4, 0.5) is 0 Å². The Morgan fingerprint density at radius 3 is 2.76 bits per heavy atom. The Kier molecular flexibility index (Phi) is 5.44. The number of hydrogen-bond donors (Lipinski definition) is 0. The number of carbonyl (C=O) groups excluding carboxylic acids is 2. The number of ether oxygens (including phenoxy) is 1. The third-order valence-electron chi connectivity index (χ3n) is 5.05. The van der Waals surface area contributed by atoms with Crippen LogP contribution in [0.25, 0.3) is 0 Å². The van der Waals surface area contributed by atoms with E-state index in [1.807, 2.05) is 4.90 Å². The molecule has 1 aromatic rings. The molecule has 136 valence electrons. The van der Waals surface area contributed by atoms with Crippen molar-refractivity contribution in [2.75, 3.05) is 32.8 Å². The van der Waals surface area contributed by atoms with Gasteiger partial charge < -0.3 is 14.5 Å². The van der Waals surface area contributed by atoms with Gasteiger partial charge in [0.15, 0.2) is 6.61 Å². The van der Waals surface area contributed by atoms with Crippen LogP contribution in [-0.4, -0.2) is 54.4 Å². The molecule has 0 saturated carbocycles. The predicted molar refractivity (Wildman–Crippen MR) is 97.1 cm³/mol. The number of benzene rings is 1. The maximum atomic E-state index is 12.7. The summed E-state index contributed by atoms with van der Waals surface area (Å²) in [5, 5.41) is 0.890. The molecule has 1 spiro atoms. The molecular formula is C18H22Cl2N2O3. The first-order chi connectivity index (χ1) is 11.9. The minimum Gasteiger partial charge on any atom is -0.482 e. The minimum absolute atomic E-state index is 0.0930. The monoisotopic (exact) mass is 384 g/mol. The van der Waals surface area contributed by atoms with Crippen molar-refractivity contribution in [2.24, 2.45) is 5.41 Å². The van der Waals surface area contributed by atoms with E-state index in [2.05, 4.69) is 6.92 Å². The number of amides is 2. The number of halogens is 2. The molecule has 0 N–H and O–H groups in total. The van der Waals surface area contributed by atoms with E-state index in [4.69, 9.17) is 27.9 Å². The van der Waals surface area contributed by atoms with E-state index in [1.54, 1.807) is 23.1 Å². The molecule has 1 unspecified atom stereocenters. The van der Waals surface area contributed by atoms with Crippen LogP contribution in [0.1, 0.15) is 26.2 Å². The lowest BCUT2D eigenvalue weighted by molar-refractivity contribution is -0.137. The number of likely N-dealkylation sites (tertiary alicyclic amines) is 2. The van der Waals surface area contributed by atoms with E-state index >= 15 is 0 Å². The summed E-state index contributed by atoms with van der Waals surface area (Å²) < 4.78 is 5.53. The van der Waals surface area contributed by atoms with Crippen molar-refractivity contribution in [1.29, 1.82) is 0 Å². The second kappa shape index (κ2) is 7.42. The molecule has 0 aliphatic carbocycles. The Morgan fingerprint density at radius 2 is 2.04 bits per heavy atom. The quantitative estimate of drug-likeness (QED) is 0.782.